The number of hydrogen-bond donors (Lipinski definition) is 1. The highest BCUT2D eigenvalue weighted by atomic mass is 16.3. The Hall–Kier alpha value is -1.39. The Bertz CT molecular complexity index is 470. The molecule has 1 aromatic rings. The van der Waals surface area contributed by atoms with Gasteiger partial charge in [-0.2, -0.15) is 0 Å². The minimum Gasteiger partial charge on any atom is -0.392 e. The van der Waals surface area contributed by atoms with Crippen molar-refractivity contribution in [3.63, 3.8) is 0 Å². The van der Waals surface area contributed by atoms with Crippen molar-refractivity contribution in [3.05, 3.63) is 35.4 Å². The van der Waals surface area contributed by atoms with Crippen molar-refractivity contribution in [2.45, 2.75) is 32.4 Å². The van der Waals surface area contributed by atoms with Crippen molar-refractivity contribution in [2.24, 2.45) is 5.92 Å². The summed E-state index contributed by atoms with van der Waals surface area (Å²) in [6.07, 6.45) is 2.32. The third-order valence-corrected chi connectivity index (χ3v) is 4.40. The van der Waals surface area contributed by atoms with E-state index >= 15 is 0 Å². The Labute approximate surface area is 127 Å². The van der Waals surface area contributed by atoms with E-state index in [4.69, 9.17) is 5.11 Å². The maximum atomic E-state index is 12.6. The average Bonchev–Trinajstić information content (AvgIpc) is 2.91. The Kier molecular flexibility index (Phi) is 5.37. The number of benzene rings is 1. The number of aliphatic hydroxyl groups is 1. The molecule has 1 saturated heterocycles. The molecule has 1 amide bonds. The first kappa shape index (κ1) is 16.0. The number of likely N-dealkylation sites (N-methyl/N-ethyl adjacent to an activating group) is 1. The molecule has 116 valence electrons. The van der Waals surface area contributed by atoms with Gasteiger partial charge in [0.05, 0.1) is 6.61 Å². The fourth-order valence-corrected chi connectivity index (χ4v) is 3.19. The van der Waals surface area contributed by atoms with Crippen LogP contribution in [0.15, 0.2) is 24.3 Å². The highest BCUT2D eigenvalue weighted by Crippen LogP contribution is 2.26. The van der Waals surface area contributed by atoms with Crippen LogP contribution in [-0.4, -0.2) is 54.0 Å². The summed E-state index contributed by atoms with van der Waals surface area (Å²) in [5.74, 6) is 0.663. The van der Waals surface area contributed by atoms with Crippen molar-refractivity contribution in [2.75, 3.05) is 27.2 Å². The van der Waals surface area contributed by atoms with Crippen LogP contribution in [-0.2, 0) is 6.61 Å². The normalized spacial score (nSPS) is 22.0. The summed E-state index contributed by atoms with van der Waals surface area (Å²) in [5.41, 5.74) is 1.55. The average molecular weight is 290 g/mol. The summed E-state index contributed by atoms with van der Waals surface area (Å²) in [5, 5.41) is 9.07. The lowest BCUT2D eigenvalue weighted by molar-refractivity contribution is 0.0780. The lowest BCUT2D eigenvalue weighted by Crippen LogP contribution is -2.36. The van der Waals surface area contributed by atoms with Crippen molar-refractivity contribution in [1.29, 1.82) is 0 Å². The van der Waals surface area contributed by atoms with E-state index < -0.39 is 0 Å². The van der Waals surface area contributed by atoms with Gasteiger partial charge in [0.25, 0.3) is 5.91 Å². The first-order valence-electron chi connectivity index (χ1n) is 7.72. The maximum Gasteiger partial charge on any atom is 0.253 e. The quantitative estimate of drug-likeness (QED) is 0.902. The van der Waals surface area contributed by atoms with Gasteiger partial charge in [-0.15, -0.1) is 0 Å². The Morgan fingerprint density at radius 1 is 1.29 bits per heavy atom. The minimum atomic E-state index is 0.0134. The van der Waals surface area contributed by atoms with Gasteiger partial charge in [0.2, 0.25) is 0 Å². The zero-order valence-electron chi connectivity index (χ0n) is 13.2. The molecule has 1 aliphatic rings. The maximum absolute atomic E-state index is 12.6. The summed E-state index contributed by atoms with van der Waals surface area (Å²) < 4.78 is 0. The van der Waals surface area contributed by atoms with Crippen LogP contribution in [0.2, 0.25) is 0 Å². The van der Waals surface area contributed by atoms with Crippen LogP contribution in [0.1, 0.15) is 35.7 Å². The zero-order chi connectivity index (χ0) is 15.4. The lowest BCUT2D eigenvalue weighted by atomic mass is 9.98. The monoisotopic (exact) mass is 290 g/mol. The Morgan fingerprint density at radius 2 is 1.95 bits per heavy atom. The fourth-order valence-electron chi connectivity index (χ4n) is 3.19. The van der Waals surface area contributed by atoms with Gasteiger partial charge in [-0.1, -0.05) is 25.5 Å². The first-order chi connectivity index (χ1) is 10.1. The second-order valence-electron chi connectivity index (χ2n) is 6.14. The molecular weight excluding hydrogens is 264 g/mol. The van der Waals surface area contributed by atoms with Crippen molar-refractivity contribution < 1.29 is 9.90 Å². The number of carbonyl (C=O) groups is 1. The summed E-state index contributed by atoms with van der Waals surface area (Å²) >= 11 is 0. The smallest absolute Gasteiger partial charge is 0.253 e. The molecule has 1 heterocycles. The van der Waals surface area contributed by atoms with Gasteiger partial charge in [0, 0.05) is 24.7 Å². The second-order valence-corrected chi connectivity index (χ2v) is 6.14. The number of rotatable bonds is 5. The Balaban J connectivity index is 2.08. The van der Waals surface area contributed by atoms with E-state index in [0.717, 1.165) is 31.5 Å². The van der Waals surface area contributed by atoms with Crippen LogP contribution in [0.25, 0.3) is 0 Å². The minimum absolute atomic E-state index is 0.0134. The van der Waals surface area contributed by atoms with Crippen LogP contribution in [0, 0.1) is 5.92 Å². The predicted octanol–water partition coefficient (Wildman–Crippen LogP) is 1.98. The molecule has 0 saturated carbocycles. The summed E-state index contributed by atoms with van der Waals surface area (Å²) in [4.78, 5) is 16.8. The molecule has 0 spiro atoms. The highest BCUT2D eigenvalue weighted by molar-refractivity contribution is 5.94. The SMILES string of the molecule is CCC[C@H]1CN(C(=O)c2ccc(CO)cc2)C[C@@H]1N(C)C. The summed E-state index contributed by atoms with van der Waals surface area (Å²) in [6, 6.07) is 7.70. The molecule has 2 atom stereocenters. The number of carbonyl (C=O) groups excluding carboxylic acids is 1. The lowest BCUT2D eigenvalue weighted by Gasteiger charge is -2.24. The number of hydrogen-bond acceptors (Lipinski definition) is 3. The van der Waals surface area contributed by atoms with E-state index in [2.05, 4.69) is 25.9 Å². The molecule has 21 heavy (non-hydrogen) atoms. The predicted molar refractivity (Wildman–Crippen MR) is 84.1 cm³/mol. The number of likely N-dealkylation sites (tertiary alicyclic amines) is 1. The van der Waals surface area contributed by atoms with Gasteiger partial charge in [-0.3, -0.25) is 4.79 Å². The van der Waals surface area contributed by atoms with Crippen LogP contribution in [0.3, 0.4) is 0 Å². The van der Waals surface area contributed by atoms with E-state index in [1.165, 1.54) is 0 Å². The number of amides is 1. The van der Waals surface area contributed by atoms with Gasteiger partial charge >= 0.3 is 0 Å². The molecule has 2 rings (SSSR count). The second kappa shape index (κ2) is 7.05. The molecule has 0 aliphatic carbocycles. The zero-order valence-corrected chi connectivity index (χ0v) is 13.2. The van der Waals surface area contributed by atoms with E-state index in [-0.39, 0.29) is 12.5 Å². The van der Waals surface area contributed by atoms with Crippen molar-refractivity contribution in [3.8, 4) is 0 Å². The summed E-state index contributed by atoms with van der Waals surface area (Å²) in [7, 11) is 4.19. The number of nitrogens with zero attached hydrogens (tertiary/aromatic N) is 2. The molecule has 1 aromatic carbocycles. The van der Waals surface area contributed by atoms with Crippen LogP contribution in [0.4, 0.5) is 0 Å². The molecule has 1 fully saturated rings. The van der Waals surface area contributed by atoms with Crippen LogP contribution in [0.5, 0.6) is 0 Å². The molecule has 4 nitrogen and oxygen atoms in total. The van der Waals surface area contributed by atoms with Gasteiger partial charge in [-0.05, 0) is 44.1 Å². The van der Waals surface area contributed by atoms with Crippen LogP contribution >= 0.6 is 0 Å². The van der Waals surface area contributed by atoms with Crippen molar-refractivity contribution in [1.82, 2.24) is 9.80 Å². The molecule has 1 aliphatic heterocycles. The van der Waals surface area contributed by atoms with Crippen molar-refractivity contribution >= 4 is 5.91 Å². The molecule has 4 heteroatoms. The summed E-state index contributed by atoms with van der Waals surface area (Å²) in [6.45, 7) is 3.86. The van der Waals surface area contributed by atoms with E-state index in [1.54, 1.807) is 0 Å². The van der Waals surface area contributed by atoms with Gasteiger partial charge in [0.1, 0.15) is 0 Å². The molecular formula is C17H26N2O2. The van der Waals surface area contributed by atoms with Gasteiger partial charge in [0.15, 0.2) is 0 Å². The van der Waals surface area contributed by atoms with Crippen LogP contribution < -0.4 is 0 Å². The van der Waals surface area contributed by atoms with E-state index in [0.29, 0.717) is 17.5 Å². The molecule has 0 aromatic heterocycles. The van der Waals surface area contributed by atoms with E-state index in [1.807, 2.05) is 29.2 Å². The fraction of sp³-hybridized carbons (Fsp3) is 0.588. The third kappa shape index (κ3) is 3.63. The van der Waals surface area contributed by atoms with Gasteiger partial charge in [-0.25, -0.2) is 0 Å². The molecule has 0 bridgehead atoms. The highest BCUT2D eigenvalue weighted by Gasteiger charge is 2.35. The Morgan fingerprint density at radius 3 is 2.48 bits per heavy atom. The van der Waals surface area contributed by atoms with E-state index in [9.17, 15) is 4.79 Å². The largest absolute Gasteiger partial charge is 0.392 e. The van der Waals surface area contributed by atoms with Gasteiger partial charge < -0.3 is 14.9 Å². The third-order valence-electron chi connectivity index (χ3n) is 4.40. The molecule has 1 N–H and O–H groups in total. The molecule has 0 radical (unpaired) electrons. The topological polar surface area (TPSA) is 43.8 Å². The standard InChI is InChI=1S/C17H26N2O2/c1-4-5-15-10-19(11-16(15)18(2)3)17(21)14-8-6-13(12-20)7-9-14/h6-9,15-16,20H,4-5,10-12H2,1-3H3/t15-,16-/m0/s1. The first-order valence-corrected chi connectivity index (χ1v) is 7.72. The number of aliphatic hydroxyl groups excluding tert-OH is 1. The molecule has 0 unspecified atom stereocenters.